The standard InChI is InChI=1S/C12H18BrNS/c1-3-5-14-11(9-7-8(9)2)12-10(13)4-6-15-12/h4,6,8-9,11,14H,3,5,7H2,1-2H3. The molecule has 0 bridgehead atoms. The predicted molar refractivity (Wildman–Crippen MR) is 70.3 cm³/mol. The second-order valence-electron chi connectivity index (χ2n) is 4.44. The third kappa shape index (κ3) is 2.63. The summed E-state index contributed by atoms with van der Waals surface area (Å²) in [5.41, 5.74) is 0. The van der Waals surface area contributed by atoms with Crippen LogP contribution in [0.1, 0.15) is 37.6 Å². The van der Waals surface area contributed by atoms with E-state index in [2.05, 4.69) is 46.5 Å². The Balaban J connectivity index is 2.08. The van der Waals surface area contributed by atoms with Crippen molar-refractivity contribution < 1.29 is 0 Å². The summed E-state index contributed by atoms with van der Waals surface area (Å²) < 4.78 is 1.28. The van der Waals surface area contributed by atoms with Gasteiger partial charge in [-0.25, -0.2) is 0 Å². The summed E-state index contributed by atoms with van der Waals surface area (Å²) in [6.07, 6.45) is 2.59. The van der Waals surface area contributed by atoms with Crippen molar-refractivity contribution in [3.8, 4) is 0 Å². The molecule has 3 atom stereocenters. The van der Waals surface area contributed by atoms with Gasteiger partial charge in [0, 0.05) is 15.4 Å². The van der Waals surface area contributed by atoms with Gasteiger partial charge in [-0.3, -0.25) is 0 Å². The maximum atomic E-state index is 3.69. The van der Waals surface area contributed by atoms with Gasteiger partial charge in [-0.15, -0.1) is 11.3 Å². The van der Waals surface area contributed by atoms with Crippen LogP contribution in [0.4, 0.5) is 0 Å². The van der Waals surface area contributed by atoms with Gasteiger partial charge in [0.2, 0.25) is 0 Å². The minimum Gasteiger partial charge on any atom is -0.309 e. The first-order chi connectivity index (χ1) is 7.24. The molecule has 1 N–H and O–H groups in total. The van der Waals surface area contributed by atoms with Gasteiger partial charge in [-0.05, 0) is 58.6 Å². The van der Waals surface area contributed by atoms with E-state index in [1.54, 1.807) is 0 Å². The number of rotatable bonds is 5. The second kappa shape index (κ2) is 4.98. The fraction of sp³-hybridized carbons (Fsp3) is 0.667. The zero-order valence-electron chi connectivity index (χ0n) is 9.29. The zero-order chi connectivity index (χ0) is 10.8. The van der Waals surface area contributed by atoms with E-state index in [1.165, 1.54) is 22.2 Å². The average Bonchev–Trinajstić information content (AvgIpc) is 2.77. The first kappa shape index (κ1) is 11.6. The highest BCUT2D eigenvalue weighted by Gasteiger charge is 2.40. The molecule has 0 radical (unpaired) electrons. The topological polar surface area (TPSA) is 12.0 Å². The quantitative estimate of drug-likeness (QED) is 0.856. The van der Waals surface area contributed by atoms with Crippen LogP contribution in [0.25, 0.3) is 0 Å². The predicted octanol–water partition coefficient (Wildman–Crippen LogP) is 4.21. The second-order valence-corrected chi connectivity index (χ2v) is 6.24. The van der Waals surface area contributed by atoms with Crippen LogP contribution in [-0.2, 0) is 0 Å². The molecule has 1 aromatic heterocycles. The summed E-state index contributed by atoms with van der Waals surface area (Å²) in [4.78, 5) is 1.48. The molecule has 15 heavy (non-hydrogen) atoms. The lowest BCUT2D eigenvalue weighted by atomic mass is 10.1. The monoisotopic (exact) mass is 287 g/mol. The molecule has 1 aliphatic carbocycles. The van der Waals surface area contributed by atoms with Crippen LogP contribution in [0, 0.1) is 11.8 Å². The van der Waals surface area contributed by atoms with E-state index in [0.29, 0.717) is 6.04 Å². The summed E-state index contributed by atoms with van der Waals surface area (Å²) in [5, 5.41) is 5.86. The first-order valence-electron chi connectivity index (χ1n) is 5.70. The number of hydrogen-bond acceptors (Lipinski definition) is 2. The van der Waals surface area contributed by atoms with Gasteiger partial charge in [0.15, 0.2) is 0 Å². The summed E-state index contributed by atoms with van der Waals surface area (Å²) in [7, 11) is 0. The van der Waals surface area contributed by atoms with Gasteiger partial charge < -0.3 is 5.32 Å². The summed E-state index contributed by atoms with van der Waals surface area (Å²) >= 11 is 5.51. The van der Waals surface area contributed by atoms with Crippen molar-refractivity contribution >= 4 is 27.3 Å². The van der Waals surface area contributed by atoms with Crippen LogP contribution < -0.4 is 5.32 Å². The van der Waals surface area contributed by atoms with Gasteiger partial charge in [0.25, 0.3) is 0 Å². The van der Waals surface area contributed by atoms with Crippen molar-refractivity contribution in [1.82, 2.24) is 5.32 Å². The molecule has 0 aliphatic heterocycles. The summed E-state index contributed by atoms with van der Waals surface area (Å²) in [5.74, 6) is 1.75. The molecule has 1 aromatic rings. The van der Waals surface area contributed by atoms with E-state index in [1.807, 2.05) is 11.3 Å². The van der Waals surface area contributed by atoms with Crippen LogP contribution in [0.3, 0.4) is 0 Å². The Morgan fingerprint density at radius 3 is 2.87 bits per heavy atom. The van der Waals surface area contributed by atoms with Crippen molar-refractivity contribution in [2.24, 2.45) is 11.8 Å². The van der Waals surface area contributed by atoms with Crippen LogP contribution >= 0.6 is 27.3 Å². The smallest absolute Gasteiger partial charge is 0.0457 e. The largest absolute Gasteiger partial charge is 0.309 e. The van der Waals surface area contributed by atoms with E-state index in [0.717, 1.165) is 18.4 Å². The Kier molecular flexibility index (Phi) is 3.86. The molecule has 0 spiro atoms. The Hall–Kier alpha value is 0.140. The van der Waals surface area contributed by atoms with Gasteiger partial charge >= 0.3 is 0 Å². The molecule has 1 saturated carbocycles. The van der Waals surface area contributed by atoms with Gasteiger partial charge in [0.1, 0.15) is 0 Å². The average molecular weight is 288 g/mol. The van der Waals surface area contributed by atoms with Gasteiger partial charge in [-0.1, -0.05) is 13.8 Å². The normalized spacial score (nSPS) is 26.6. The van der Waals surface area contributed by atoms with Crippen molar-refractivity contribution in [3.05, 3.63) is 20.8 Å². The molecule has 2 rings (SSSR count). The summed E-state index contributed by atoms with van der Waals surface area (Å²) in [6.45, 7) is 5.70. The maximum Gasteiger partial charge on any atom is 0.0457 e. The Morgan fingerprint density at radius 2 is 2.40 bits per heavy atom. The minimum atomic E-state index is 0.578. The number of halogens is 1. The number of hydrogen-bond donors (Lipinski definition) is 1. The molecule has 3 heteroatoms. The van der Waals surface area contributed by atoms with Gasteiger partial charge in [0.05, 0.1) is 0 Å². The molecule has 1 heterocycles. The fourth-order valence-electron chi connectivity index (χ4n) is 2.08. The molecule has 0 aromatic carbocycles. The van der Waals surface area contributed by atoms with Gasteiger partial charge in [-0.2, -0.15) is 0 Å². The van der Waals surface area contributed by atoms with Crippen LogP contribution in [0.15, 0.2) is 15.9 Å². The van der Waals surface area contributed by atoms with Crippen molar-refractivity contribution in [2.75, 3.05) is 6.54 Å². The minimum absolute atomic E-state index is 0.578. The molecular formula is C12H18BrNS. The number of thiophene rings is 1. The van der Waals surface area contributed by atoms with Crippen molar-refractivity contribution in [1.29, 1.82) is 0 Å². The molecule has 0 amide bonds. The third-order valence-electron chi connectivity index (χ3n) is 3.14. The fourth-order valence-corrected chi connectivity index (χ4v) is 3.85. The highest BCUT2D eigenvalue weighted by molar-refractivity contribution is 9.10. The summed E-state index contributed by atoms with van der Waals surface area (Å²) in [6, 6.07) is 2.74. The van der Waals surface area contributed by atoms with E-state index in [9.17, 15) is 0 Å². The first-order valence-corrected chi connectivity index (χ1v) is 7.37. The van der Waals surface area contributed by atoms with E-state index in [-0.39, 0.29) is 0 Å². The molecule has 1 nitrogen and oxygen atoms in total. The Labute approximate surface area is 104 Å². The SMILES string of the molecule is CCCNC(c1sccc1Br)C1CC1C. The van der Waals surface area contributed by atoms with Crippen LogP contribution in [0.2, 0.25) is 0 Å². The molecule has 0 saturated heterocycles. The molecule has 3 unspecified atom stereocenters. The van der Waals surface area contributed by atoms with E-state index in [4.69, 9.17) is 0 Å². The molecular weight excluding hydrogens is 270 g/mol. The van der Waals surface area contributed by atoms with E-state index >= 15 is 0 Å². The Bertz CT molecular complexity index is 323. The lowest BCUT2D eigenvalue weighted by molar-refractivity contribution is 0.468. The molecule has 1 aliphatic rings. The highest BCUT2D eigenvalue weighted by atomic mass is 79.9. The van der Waals surface area contributed by atoms with Crippen LogP contribution in [0.5, 0.6) is 0 Å². The third-order valence-corrected chi connectivity index (χ3v) is 5.10. The van der Waals surface area contributed by atoms with Crippen molar-refractivity contribution in [2.45, 2.75) is 32.7 Å². The van der Waals surface area contributed by atoms with E-state index < -0.39 is 0 Å². The van der Waals surface area contributed by atoms with Crippen molar-refractivity contribution in [3.63, 3.8) is 0 Å². The zero-order valence-corrected chi connectivity index (χ0v) is 11.7. The van der Waals surface area contributed by atoms with Crippen LogP contribution in [-0.4, -0.2) is 6.54 Å². The number of nitrogens with one attached hydrogen (secondary N) is 1. The maximum absolute atomic E-state index is 3.69. The Morgan fingerprint density at radius 1 is 1.67 bits per heavy atom. The lowest BCUT2D eigenvalue weighted by Gasteiger charge is -2.17. The molecule has 84 valence electrons. The lowest BCUT2D eigenvalue weighted by Crippen LogP contribution is -2.23. The highest BCUT2D eigenvalue weighted by Crippen LogP contribution is 2.49. The molecule has 1 fully saturated rings.